The molecule has 0 amide bonds. The molecule has 1 heterocycles. The summed E-state index contributed by atoms with van der Waals surface area (Å²) in [6.45, 7) is 3.86. The van der Waals surface area contributed by atoms with Crippen LogP contribution in [-0.2, 0) is 9.53 Å². The van der Waals surface area contributed by atoms with E-state index in [1.165, 1.54) is 7.11 Å². The molecule has 2 aromatic rings. The van der Waals surface area contributed by atoms with Gasteiger partial charge >= 0.3 is 5.97 Å². The van der Waals surface area contributed by atoms with Crippen molar-refractivity contribution in [3.8, 4) is 0 Å². The Bertz CT molecular complexity index is 529. The number of hydrogen-bond donors (Lipinski definition) is 0. The van der Waals surface area contributed by atoms with Gasteiger partial charge < -0.3 is 9.30 Å². The molecule has 0 radical (unpaired) electrons. The van der Waals surface area contributed by atoms with E-state index in [2.05, 4.69) is 6.58 Å². The lowest BCUT2D eigenvalue weighted by Crippen LogP contribution is -2.18. The SMILES string of the molecule is C=C(C(=O)OC)C(c1ccccc1)n1cccc1. The van der Waals surface area contributed by atoms with Crippen molar-refractivity contribution >= 4 is 5.97 Å². The Morgan fingerprint density at radius 1 is 1.17 bits per heavy atom. The summed E-state index contributed by atoms with van der Waals surface area (Å²) in [7, 11) is 1.37. The van der Waals surface area contributed by atoms with Crippen molar-refractivity contribution in [3.63, 3.8) is 0 Å². The Balaban J connectivity index is 2.42. The van der Waals surface area contributed by atoms with Gasteiger partial charge in [-0.2, -0.15) is 0 Å². The van der Waals surface area contributed by atoms with Crippen LogP contribution in [-0.4, -0.2) is 17.6 Å². The number of hydrogen-bond acceptors (Lipinski definition) is 2. The summed E-state index contributed by atoms with van der Waals surface area (Å²) < 4.78 is 6.70. The highest BCUT2D eigenvalue weighted by Gasteiger charge is 2.22. The Labute approximate surface area is 106 Å². The molecule has 1 aromatic carbocycles. The van der Waals surface area contributed by atoms with Gasteiger partial charge in [0.05, 0.1) is 18.7 Å². The fourth-order valence-corrected chi connectivity index (χ4v) is 1.95. The zero-order chi connectivity index (χ0) is 13.0. The van der Waals surface area contributed by atoms with Crippen molar-refractivity contribution in [3.05, 3.63) is 72.6 Å². The predicted molar refractivity (Wildman–Crippen MR) is 70.2 cm³/mol. The minimum absolute atomic E-state index is 0.228. The molecule has 3 nitrogen and oxygen atoms in total. The first-order chi connectivity index (χ1) is 8.74. The first-order valence-corrected chi connectivity index (χ1v) is 5.68. The van der Waals surface area contributed by atoms with Gasteiger partial charge in [0.15, 0.2) is 0 Å². The number of carbonyl (C=O) groups excluding carboxylic acids is 1. The summed E-state index contributed by atoms with van der Waals surface area (Å²) in [5.74, 6) is -0.391. The normalized spacial score (nSPS) is 11.8. The van der Waals surface area contributed by atoms with Crippen LogP contribution in [0.4, 0.5) is 0 Å². The van der Waals surface area contributed by atoms with E-state index in [4.69, 9.17) is 4.74 Å². The first-order valence-electron chi connectivity index (χ1n) is 5.68. The van der Waals surface area contributed by atoms with Crippen LogP contribution in [0.15, 0.2) is 67.0 Å². The van der Waals surface area contributed by atoms with Gasteiger partial charge in [0.1, 0.15) is 0 Å². The Morgan fingerprint density at radius 3 is 2.33 bits per heavy atom. The molecule has 0 spiro atoms. The third-order valence-corrected chi connectivity index (χ3v) is 2.82. The fourth-order valence-electron chi connectivity index (χ4n) is 1.95. The summed E-state index contributed by atoms with van der Waals surface area (Å²) in [5.41, 5.74) is 1.42. The molecule has 0 aliphatic heterocycles. The second-order valence-electron chi connectivity index (χ2n) is 3.96. The maximum Gasteiger partial charge on any atom is 0.335 e. The largest absolute Gasteiger partial charge is 0.466 e. The van der Waals surface area contributed by atoms with Gasteiger partial charge in [-0.1, -0.05) is 36.9 Å². The molecule has 0 saturated heterocycles. The van der Waals surface area contributed by atoms with Gasteiger partial charge in [-0.3, -0.25) is 0 Å². The van der Waals surface area contributed by atoms with Crippen molar-refractivity contribution in [1.29, 1.82) is 0 Å². The molecule has 1 atom stereocenters. The zero-order valence-electron chi connectivity index (χ0n) is 10.2. The maximum absolute atomic E-state index is 11.7. The van der Waals surface area contributed by atoms with E-state index >= 15 is 0 Å². The number of ether oxygens (including phenoxy) is 1. The molecule has 0 N–H and O–H groups in total. The molecule has 1 aromatic heterocycles. The zero-order valence-corrected chi connectivity index (χ0v) is 10.2. The lowest BCUT2D eigenvalue weighted by atomic mass is 10.00. The highest BCUT2D eigenvalue weighted by molar-refractivity contribution is 5.89. The topological polar surface area (TPSA) is 31.2 Å². The van der Waals surface area contributed by atoms with E-state index in [0.29, 0.717) is 5.57 Å². The number of aromatic nitrogens is 1. The third-order valence-electron chi connectivity index (χ3n) is 2.82. The monoisotopic (exact) mass is 241 g/mol. The van der Waals surface area contributed by atoms with Crippen LogP contribution in [0.3, 0.4) is 0 Å². The van der Waals surface area contributed by atoms with Gasteiger partial charge in [-0.05, 0) is 17.7 Å². The smallest absolute Gasteiger partial charge is 0.335 e. The van der Waals surface area contributed by atoms with Gasteiger partial charge in [0, 0.05) is 12.4 Å². The minimum atomic E-state index is -0.391. The van der Waals surface area contributed by atoms with Crippen molar-refractivity contribution < 1.29 is 9.53 Å². The molecule has 0 aliphatic carbocycles. The van der Waals surface area contributed by atoms with Crippen molar-refractivity contribution in [1.82, 2.24) is 4.57 Å². The summed E-state index contributed by atoms with van der Waals surface area (Å²) in [6, 6.07) is 13.4. The lowest BCUT2D eigenvalue weighted by molar-refractivity contribution is -0.136. The fraction of sp³-hybridized carbons (Fsp3) is 0.133. The molecule has 92 valence electrons. The molecule has 0 bridgehead atoms. The van der Waals surface area contributed by atoms with E-state index in [1.54, 1.807) is 0 Å². The average molecular weight is 241 g/mol. The summed E-state index contributed by atoms with van der Waals surface area (Å²) in [5, 5.41) is 0. The number of rotatable bonds is 4. The highest BCUT2D eigenvalue weighted by atomic mass is 16.5. The predicted octanol–water partition coefficient (Wildman–Crippen LogP) is 2.81. The van der Waals surface area contributed by atoms with Crippen LogP contribution < -0.4 is 0 Å². The van der Waals surface area contributed by atoms with E-state index in [-0.39, 0.29) is 6.04 Å². The third kappa shape index (κ3) is 2.35. The average Bonchev–Trinajstić information content (AvgIpc) is 2.93. The number of benzene rings is 1. The van der Waals surface area contributed by atoms with Crippen molar-refractivity contribution in [2.24, 2.45) is 0 Å². The molecule has 18 heavy (non-hydrogen) atoms. The molecule has 0 saturated carbocycles. The standard InChI is InChI=1S/C15H15NO2/c1-12(15(17)18-2)14(16-10-6-7-11-16)13-8-4-3-5-9-13/h3-11,14H,1H2,2H3. The first kappa shape index (κ1) is 12.2. The van der Waals surface area contributed by atoms with Crippen molar-refractivity contribution in [2.75, 3.05) is 7.11 Å². The number of nitrogens with zero attached hydrogens (tertiary/aromatic N) is 1. The molecule has 0 fully saturated rings. The maximum atomic E-state index is 11.7. The Kier molecular flexibility index (Phi) is 3.63. The second kappa shape index (κ2) is 5.36. The molecular weight excluding hydrogens is 226 g/mol. The van der Waals surface area contributed by atoms with Crippen LogP contribution in [0.2, 0.25) is 0 Å². The van der Waals surface area contributed by atoms with Crippen LogP contribution >= 0.6 is 0 Å². The van der Waals surface area contributed by atoms with Crippen LogP contribution in [0.25, 0.3) is 0 Å². The Hall–Kier alpha value is -2.29. The van der Waals surface area contributed by atoms with Crippen LogP contribution in [0.1, 0.15) is 11.6 Å². The minimum Gasteiger partial charge on any atom is -0.466 e. The van der Waals surface area contributed by atoms with E-state index in [0.717, 1.165) is 5.56 Å². The molecule has 3 heteroatoms. The van der Waals surface area contributed by atoms with E-state index in [9.17, 15) is 4.79 Å². The quantitative estimate of drug-likeness (QED) is 0.609. The highest BCUT2D eigenvalue weighted by Crippen LogP contribution is 2.26. The van der Waals surface area contributed by atoms with Crippen LogP contribution in [0.5, 0.6) is 0 Å². The number of esters is 1. The summed E-state index contributed by atoms with van der Waals surface area (Å²) in [6.07, 6.45) is 3.82. The van der Waals surface area contributed by atoms with Crippen LogP contribution in [0, 0.1) is 0 Å². The molecular formula is C15H15NO2. The summed E-state index contributed by atoms with van der Waals surface area (Å²) in [4.78, 5) is 11.7. The van der Waals surface area contributed by atoms with Gasteiger partial charge in [-0.15, -0.1) is 0 Å². The van der Waals surface area contributed by atoms with Gasteiger partial charge in [0.2, 0.25) is 0 Å². The van der Waals surface area contributed by atoms with Gasteiger partial charge in [0.25, 0.3) is 0 Å². The van der Waals surface area contributed by atoms with E-state index < -0.39 is 5.97 Å². The lowest BCUT2D eigenvalue weighted by Gasteiger charge is -2.20. The molecule has 0 aliphatic rings. The van der Waals surface area contributed by atoms with Gasteiger partial charge in [-0.25, -0.2) is 4.79 Å². The van der Waals surface area contributed by atoms with E-state index in [1.807, 2.05) is 59.4 Å². The molecule has 2 rings (SSSR count). The Morgan fingerprint density at radius 2 is 1.78 bits per heavy atom. The summed E-state index contributed by atoms with van der Waals surface area (Å²) >= 11 is 0. The number of methoxy groups -OCH3 is 1. The number of carbonyl (C=O) groups is 1. The van der Waals surface area contributed by atoms with Crippen molar-refractivity contribution in [2.45, 2.75) is 6.04 Å². The molecule has 1 unspecified atom stereocenters. The second-order valence-corrected chi connectivity index (χ2v) is 3.96.